The van der Waals surface area contributed by atoms with E-state index in [0.29, 0.717) is 5.69 Å². The number of nitrogens with one attached hydrogen (secondary N) is 1. The van der Waals surface area contributed by atoms with Crippen LogP contribution in [0.4, 0.5) is 11.4 Å². The zero-order chi connectivity index (χ0) is 10.4. The highest BCUT2D eigenvalue weighted by atomic mass is 15.1. The normalized spacial score (nSPS) is 9.86. The predicted molar refractivity (Wildman–Crippen MR) is 58.3 cm³/mol. The fourth-order valence-corrected chi connectivity index (χ4v) is 1.09. The number of aliphatic imine (C=N–C) groups is 1. The fourth-order valence-electron chi connectivity index (χ4n) is 1.09. The summed E-state index contributed by atoms with van der Waals surface area (Å²) in [6.45, 7) is 0. The molecular formula is C9H11N5. The zero-order valence-corrected chi connectivity index (χ0v) is 8.10. The number of hydrogen-bond acceptors (Lipinski definition) is 3. The van der Waals surface area contributed by atoms with Crippen LogP contribution in [0.25, 0.3) is 10.4 Å². The van der Waals surface area contributed by atoms with Crippen molar-refractivity contribution in [3.63, 3.8) is 0 Å². The number of nitrogens with zero attached hydrogens (tertiary/aromatic N) is 4. The van der Waals surface area contributed by atoms with Crippen molar-refractivity contribution in [3.8, 4) is 0 Å². The van der Waals surface area contributed by atoms with Gasteiger partial charge in [-0.05, 0) is 23.7 Å². The van der Waals surface area contributed by atoms with Gasteiger partial charge in [0.1, 0.15) is 0 Å². The first-order chi connectivity index (χ1) is 6.81. The molecule has 0 saturated heterocycles. The van der Waals surface area contributed by atoms with Crippen molar-refractivity contribution in [2.75, 3.05) is 19.4 Å². The van der Waals surface area contributed by atoms with E-state index in [-0.39, 0.29) is 0 Å². The van der Waals surface area contributed by atoms with Crippen LogP contribution in [-0.4, -0.2) is 20.3 Å². The van der Waals surface area contributed by atoms with Crippen LogP contribution in [-0.2, 0) is 0 Å². The van der Waals surface area contributed by atoms with Gasteiger partial charge in [0.15, 0.2) is 0 Å². The molecular weight excluding hydrogens is 178 g/mol. The Hall–Kier alpha value is -2.00. The summed E-state index contributed by atoms with van der Waals surface area (Å²) in [7, 11) is 3.50. The highest BCUT2D eigenvalue weighted by Gasteiger charge is 1.98. The van der Waals surface area contributed by atoms with Gasteiger partial charge in [-0.2, -0.15) is 0 Å². The molecule has 5 nitrogen and oxygen atoms in total. The Morgan fingerprint density at radius 1 is 1.50 bits per heavy atom. The molecule has 1 rings (SSSR count). The van der Waals surface area contributed by atoms with Gasteiger partial charge in [-0.3, -0.25) is 4.99 Å². The van der Waals surface area contributed by atoms with Crippen LogP contribution in [0.1, 0.15) is 5.56 Å². The summed E-state index contributed by atoms with van der Waals surface area (Å²) >= 11 is 0. The Morgan fingerprint density at radius 3 is 2.86 bits per heavy atom. The average Bonchev–Trinajstić information content (AvgIpc) is 2.21. The molecule has 0 aliphatic carbocycles. The van der Waals surface area contributed by atoms with Gasteiger partial charge in [0.2, 0.25) is 0 Å². The van der Waals surface area contributed by atoms with Gasteiger partial charge < -0.3 is 5.32 Å². The molecule has 0 bridgehead atoms. The Labute approximate surface area is 82.1 Å². The number of hydrogen-bond donors (Lipinski definition) is 1. The molecule has 14 heavy (non-hydrogen) atoms. The molecule has 0 unspecified atom stereocenters. The maximum absolute atomic E-state index is 8.34. The summed E-state index contributed by atoms with van der Waals surface area (Å²) < 4.78 is 0. The standard InChI is InChI=1S/C9H11N5/c1-11-6-7-5-8(12-2)3-4-9(7)13-14-10/h3-6,12H,1-2H3. The zero-order valence-electron chi connectivity index (χ0n) is 8.10. The molecule has 5 heteroatoms. The summed E-state index contributed by atoms with van der Waals surface area (Å²) in [6, 6.07) is 5.47. The predicted octanol–water partition coefficient (Wildman–Crippen LogP) is 2.72. The second-order valence-electron chi connectivity index (χ2n) is 2.60. The van der Waals surface area contributed by atoms with Gasteiger partial charge in [0.05, 0.1) is 0 Å². The third-order valence-corrected chi connectivity index (χ3v) is 1.74. The van der Waals surface area contributed by atoms with Gasteiger partial charge in [-0.1, -0.05) is 5.11 Å². The van der Waals surface area contributed by atoms with Crippen LogP contribution in [0.3, 0.4) is 0 Å². The number of benzene rings is 1. The highest BCUT2D eigenvalue weighted by Crippen LogP contribution is 2.21. The van der Waals surface area contributed by atoms with Crippen LogP contribution < -0.4 is 5.32 Å². The van der Waals surface area contributed by atoms with E-state index in [1.807, 2.05) is 19.2 Å². The quantitative estimate of drug-likeness (QED) is 0.337. The van der Waals surface area contributed by atoms with Crippen molar-refractivity contribution in [1.82, 2.24) is 0 Å². The van der Waals surface area contributed by atoms with Crippen LogP contribution in [0, 0.1) is 0 Å². The topological polar surface area (TPSA) is 73.2 Å². The van der Waals surface area contributed by atoms with Gasteiger partial charge >= 0.3 is 0 Å². The first kappa shape index (κ1) is 10.1. The lowest BCUT2D eigenvalue weighted by molar-refractivity contribution is 1.41. The first-order valence-corrected chi connectivity index (χ1v) is 4.11. The molecule has 1 aromatic carbocycles. The average molecular weight is 189 g/mol. The molecule has 0 spiro atoms. The second-order valence-corrected chi connectivity index (χ2v) is 2.60. The summed E-state index contributed by atoms with van der Waals surface area (Å²) in [5, 5.41) is 6.56. The van der Waals surface area contributed by atoms with E-state index in [4.69, 9.17) is 5.53 Å². The monoisotopic (exact) mass is 189 g/mol. The highest BCUT2D eigenvalue weighted by molar-refractivity contribution is 5.88. The van der Waals surface area contributed by atoms with Crippen LogP contribution >= 0.6 is 0 Å². The lowest BCUT2D eigenvalue weighted by Gasteiger charge is -2.03. The van der Waals surface area contributed by atoms with Gasteiger partial charge in [-0.25, -0.2) is 0 Å². The number of azide groups is 1. The molecule has 0 aliphatic rings. The summed E-state index contributed by atoms with van der Waals surface area (Å²) in [5.41, 5.74) is 10.7. The SMILES string of the molecule is CN=Cc1cc(NC)ccc1N=[N+]=[N-]. The molecule has 0 aliphatic heterocycles. The number of anilines is 1. The van der Waals surface area contributed by atoms with E-state index in [0.717, 1.165) is 11.3 Å². The fraction of sp³-hybridized carbons (Fsp3) is 0.222. The third-order valence-electron chi connectivity index (χ3n) is 1.74. The molecule has 72 valence electrons. The molecule has 0 amide bonds. The Bertz CT molecular complexity index is 390. The molecule has 1 aromatic rings. The summed E-state index contributed by atoms with van der Waals surface area (Å²) in [6.07, 6.45) is 1.66. The molecule has 1 N–H and O–H groups in total. The molecule has 0 fully saturated rings. The lowest BCUT2D eigenvalue weighted by atomic mass is 10.2. The van der Waals surface area contributed by atoms with Gasteiger partial charge in [0.25, 0.3) is 0 Å². The molecule has 0 radical (unpaired) electrons. The van der Waals surface area contributed by atoms with E-state index >= 15 is 0 Å². The Kier molecular flexibility index (Phi) is 3.52. The lowest BCUT2D eigenvalue weighted by Crippen LogP contribution is -1.90. The van der Waals surface area contributed by atoms with E-state index in [9.17, 15) is 0 Å². The van der Waals surface area contributed by atoms with E-state index < -0.39 is 0 Å². The van der Waals surface area contributed by atoms with Gasteiger partial charge in [0, 0.05) is 42.2 Å². The van der Waals surface area contributed by atoms with Crippen molar-refractivity contribution < 1.29 is 0 Å². The molecule has 0 aromatic heterocycles. The van der Waals surface area contributed by atoms with Crippen molar-refractivity contribution in [3.05, 3.63) is 34.2 Å². The van der Waals surface area contributed by atoms with E-state index in [1.54, 1.807) is 19.3 Å². The van der Waals surface area contributed by atoms with Crippen LogP contribution in [0.5, 0.6) is 0 Å². The Balaban J connectivity index is 3.22. The maximum Gasteiger partial charge on any atom is 0.0464 e. The largest absolute Gasteiger partial charge is 0.388 e. The maximum atomic E-state index is 8.34. The van der Waals surface area contributed by atoms with Crippen molar-refractivity contribution in [2.45, 2.75) is 0 Å². The summed E-state index contributed by atoms with van der Waals surface area (Å²) in [4.78, 5) is 6.64. The van der Waals surface area contributed by atoms with E-state index in [2.05, 4.69) is 20.3 Å². The molecule has 0 atom stereocenters. The van der Waals surface area contributed by atoms with E-state index in [1.165, 1.54) is 0 Å². The molecule has 0 heterocycles. The minimum absolute atomic E-state index is 0.581. The Morgan fingerprint density at radius 2 is 2.29 bits per heavy atom. The van der Waals surface area contributed by atoms with Crippen LogP contribution in [0.15, 0.2) is 28.3 Å². The minimum Gasteiger partial charge on any atom is -0.388 e. The van der Waals surface area contributed by atoms with Crippen molar-refractivity contribution in [1.29, 1.82) is 0 Å². The van der Waals surface area contributed by atoms with Crippen molar-refractivity contribution >= 4 is 17.6 Å². The minimum atomic E-state index is 0.581. The number of rotatable bonds is 3. The van der Waals surface area contributed by atoms with Gasteiger partial charge in [-0.15, -0.1) is 0 Å². The first-order valence-electron chi connectivity index (χ1n) is 4.11. The van der Waals surface area contributed by atoms with Crippen molar-refractivity contribution in [2.24, 2.45) is 10.1 Å². The third kappa shape index (κ3) is 2.24. The van der Waals surface area contributed by atoms with Crippen LogP contribution in [0.2, 0.25) is 0 Å². The molecule has 0 saturated carbocycles. The smallest absolute Gasteiger partial charge is 0.0464 e. The second kappa shape index (κ2) is 4.89. The summed E-state index contributed by atoms with van der Waals surface area (Å²) in [5.74, 6) is 0.